The first-order chi connectivity index (χ1) is 8.67. The Balaban J connectivity index is 1.97. The van der Waals surface area contributed by atoms with Gasteiger partial charge in [-0.15, -0.1) is 0 Å². The molecule has 1 aliphatic rings. The molecule has 3 rings (SSSR count). The van der Waals surface area contributed by atoms with Gasteiger partial charge in [0.2, 0.25) is 10.0 Å². The van der Waals surface area contributed by atoms with Crippen LogP contribution in [0.15, 0.2) is 29.4 Å². The van der Waals surface area contributed by atoms with Gasteiger partial charge in [0, 0.05) is 30.4 Å². The van der Waals surface area contributed by atoms with Crippen LogP contribution in [0.2, 0.25) is 0 Å². The molecule has 7 heteroatoms. The molecule has 3 heterocycles. The van der Waals surface area contributed by atoms with Gasteiger partial charge in [0.15, 0.2) is 0 Å². The van der Waals surface area contributed by atoms with Gasteiger partial charge in [0.25, 0.3) is 0 Å². The first-order valence-electron chi connectivity index (χ1n) is 5.82. The summed E-state index contributed by atoms with van der Waals surface area (Å²) in [4.78, 5) is 7.22. The molecular weight excluding hydrogens is 252 g/mol. The van der Waals surface area contributed by atoms with Crippen LogP contribution in [-0.4, -0.2) is 37.5 Å². The zero-order valence-corrected chi connectivity index (χ0v) is 10.5. The van der Waals surface area contributed by atoms with E-state index >= 15 is 0 Å². The molecule has 1 atom stereocenters. The maximum Gasteiger partial charge on any atom is 0.243 e. The quantitative estimate of drug-likeness (QED) is 0.741. The Labute approximate surface area is 105 Å². The lowest BCUT2D eigenvalue weighted by atomic mass is 10.3. The van der Waals surface area contributed by atoms with Gasteiger partial charge in [-0.1, -0.05) is 0 Å². The van der Waals surface area contributed by atoms with Gasteiger partial charge < -0.3 is 10.3 Å². The number of hydrogen-bond donors (Lipinski definition) is 3. The van der Waals surface area contributed by atoms with Crippen LogP contribution in [0.3, 0.4) is 0 Å². The van der Waals surface area contributed by atoms with E-state index in [1.165, 1.54) is 6.20 Å². The summed E-state index contributed by atoms with van der Waals surface area (Å²) in [7, 11) is -3.49. The van der Waals surface area contributed by atoms with Crippen LogP contribution in [0.5, 0.6) is 0 Å². The van der Waals surface area contributed by atoms with Gasteiger partial charge in [0.1, 0.15) is 10.5 Å². The molecule has 0 spiro atoms. The van der Waals surface area contributed by atoms with Crippen molar-refractivity contribution in [3.05, 3.63) is 24.5 Å². The number of nitrogens with zero attached hydrogens (tertiary/aromatic N) is 1. The molecule has 96 valence electrons. The van der Waals surface area contributed by atoms with Gasteiger partial charge in [-0.2, -0.15) is 0 Å². The molecule has 0 unspecified atom stereocenters. The predicted molar refractivity (Wildman–Crippen MR) is 67.7 cm³/mol. The zero-order chi connectivity index (χ0) is 12.6. The maximum atomic E-state index is 12.3. The van der Waals surface area contributed by atoms with E-state index in [0.29, 0.717) is 17.6 Å². The standard InChI is InChI=1S/C11H14N4O2S/c16-18(17,15-8-3-5-12-6-8)10-7-14-11-9(10)2-1-4-13-11/h1-2,4,7-8,12,15H,3,5-6H2,(H,13,14)/t8-/m1/s1. The average Bonchev–Trinajstić information content (AvgIpc) is 2.96. The van der Waals surface area contributed by atoms with Crippen molar-refractivity contribution in [3.63, 3.8) is 0 Å². The Morgan fingerprint density at radius 1 is 1.44 bits per heavy atom. The smallest absolute Gasteiger partial charge is 0.243 e. The Kier molecular flexibility index (Phi) is 2.81. The molecule has 18 heavy (non-hydrogen) atoms. The normalized spacial score (nSPS) is 20.6. The summed E-state index contributed by atoms with van der Waals surface area (Å²) < 4.78 is 27.3. The van der Waals surface area contributed by atoms with E-state index in [4.69, 9.17) is 0 Å². The number of aromatic nitrogens is 2. The summed E-state index contributed by atoms with van der Waals surface area (Å²) in [5.74, 6) is 0. The number of rotatable bonds is 3. The number of nitrogens with one attached hydrogen (secondary N) is 3. The van der Waals surface area contributed by atoms with Crippen molar-refractivity contribution >= 4 is 21.1 Å². The van der Waals surface area contributed by atoms with Gasteiger partial charge >= 0.3 is 0 Å². The number of H-pyrrole nitrogens is 1. The molecule has 3 N–H and O–H groups in total. The van der Waals surface area contributed by atoms with E-state index in [1.807, 2.05) is 0 Å². The Morgan fingerprint density at radius 2 is 2.33 bits per heavy atom. The van der Waals surface area contributed by atoms with Gasteiger partial charge in [-0.05, 0) is 25.1 Å². The van der Waals surface area contributed by atoms with E-state index < -0.39 is 10.0 Å². The summed E-state index contributed by atoms with van der Waals surface area (Å²) in [6, 6.07) is 3.45. The van der Waals surface area contributed by atoms with Crippen molar-refractivity contribution in [2.45, 2.75) is 17.4 Å². The van der Waals surface area contributed by atoms with Crippen molar-refractivity contribution in [2.24, 2.45) is 0 Å². The van der Waals surface area contributed by atoms with Gasteiger partial charge in [0.05, 0.1) is 0 Å². The summed E-state index contributed by atoms with van der Waals surface area (Å²) in [6.45, 7) is 1.53. The molecule has 6 nitrogen and oxygen atoms in total. The minimum atomic E-state index is -3.49. The van der Waals surface area contributed by atoms with Crippen molar-refractivity contribution in [2.75, 3.05) is 13.1 Å². The lowest BCUT2D eigenvalue weighted by Gasteiger charge is -2.10. The van der Waals surface area contributed by atoms with Gasteiger partial charge in [-0.3, -0.25) is 0 Å². The lowest BCUT2D eigenvalue weighted by Crippen LogP contribution is -2.36. The van der Waals surface area contributed by atoms with Crippen LogP contribution in [-0.2, 0) is 10.0 Å². The molecule has 0 radical (unpaired) electrons. The molecule has 0 bridgehead atoms. The first-order valence-corrected chi connectivity index (χ1v) is 7.30. The topological polar surface area (TPSA) is 86.9 Å². The molecular formula is C11H14N4O2S. The van der Waals surface area contributed by atoms with Crippen LogP contribution in [0.1, 0.15) is 6.42 Å². The summed E-state index contributed by atoms with van der Waals surface area (Å²) in [5.41, 5.74) is 0.586. The molecule has 0 saturated carbocycles. The molecule has 0 amide bonds. The van der Waals surface area contributed by atoms with Crippen LogP contribution in [0, 0.1) is 0 Å². The number of fused-ring (bicyclic) bond motifs is 1. The summed E-state index contributed by atoms with van der Waals surface area (Å²) in [6.07, 6.45) is 3.94. The third-order valence-electron chi connectivity index (χ3n) is 3.08. The highest BCUT2D eigenvalue weighted by molar-refractivity contribution is 7.89. The fourth-order valence-electron chi connectivity index (χ4n) is 2.19. The van der Waals surface area contributed by atoms with Crippen LogP contribution >= 0.6 is 0 Å². The SMILES string of the molecule is O=S(=O)(N[C@@H]1CCNC1)c1c[nH]c2ncccc12. The Bertz CT molecular complexity index is 658. The van der Waals surface area contributed by atoms with Crippen molar-refractivity contribution in [1.29, 1.82) is 0 Å². The first kappa shape index (κ1) is 11.6. The molecule has 1 fully saturated rings. The monoisotopic (exact) mass is 266 g/mol. The number of sulfonamides is 1. The predicted octanol–water partition coefficient (Wildman–Crippen LogP) is 0.203. The third kappa shape index (κ3) is 2.00. The molecule has 2 aromatic heterocycles. The largest absolute Gasteiger partial charge is 0.345 e. The number of aromatic amines is 1. The van der Waals surface area contributed by atoms with Gasteiger partial charge in [-0.25, -0.2) is 18.1 Å². The average molecular weight is 266 g/mol. The highest BCUT2D eigenvalue weighted by Crippen LogP contribution is 2.21. The highest BCUT2D eigenvalue weighted by Gasteiger charge is 2.25. The van der Waals surface area contributed by atoms with Crippen LogP contribution < -0.4 is 10.0 Å². The van der Waals surface area contributed by atoms with E-state index in [-0.39, 0.29) is 10.9 Å². The van der Waals surface area contributed by atoms with E-state index in [1.54, 1.807) is 18.3 Å². The minimum absolute atomic E-state index is 0.0309. The molecule has 1 aliphatic heterocycles. The van der Waals surface area contributed by atoms with E-state index in [0.717, 1.165) is 13.0 Å². The summed E-state index contributed by atoms with van der Waals surface area (Å²) >= 11 is 0. The second kappa shape index (κ2) is 4.34. The van der Waals surface area contributed by atoms with E-state index in [9.17, 15) is 8.42 Å². The number of hydrogen-bond acceptors (Lipinski definition) is 4. The van der Waals surface area contributed by atoms with Crippen molar-refractivity contribution in [3.8, 4) is 0 Å². The Hall–Kier alpha value is -1.44. The number of pyridine rings is 1. The Morgan fingerprint density at radius 3 is 3.11 bits per heavy atom. The highest BCUT2D eigenvalue weighted by atomic mass is 32.2. The second-order valence-electron chi connectivity index (χ2n) is 4.36. The molecule has 1 saturated heterocycles. The van der Waals surface area contributed by atoms with Crippen molar-refractivity contribution in [1.82, 2.24) is 20.0 Å². The molecule has 0 aliphatic carbocycles. The van der Waals surface area contributed by atoms with Crippen LogP contribution in [0.4, 0.5) is 0 Å². The fraction of sp³-hybridized carbons (Fsp3) is 0.364. The summed E-state index contributed by atoms with van der Waals surface area (Å²) in [5, 5.41) is 3.75. The minimum Gasteiger partial charge on any atom is -0.345 e. The third-order valence-corrected chi connectivity index (χ3v) is 4.65. The van der Waals surface area contributed by atoms with E-state index in [2.05, 4.69) is 20.0 Å². The zero-order valence-electron chi connectivity index (χ0n) is 9.68. The molecule has 2 aromatic rings. The van der Waals surface area contributed by atoms with Crippen LogP contribution in [0.25, 0.3) is 11.0 Å². The molecule has 0 aromatic carbocycles. The van der Waals surface area contributed by atoms with Crippen molar-refractivity contribution < 1.29 is 8.42 Å². The lowest BCUT2D eigenvalue weighted by molar-refractivity contribution is 0.561. The maximum absolute atomic E-state index is 12.3. The second-order valence-corrected chi connectivity index (χ2v) is 6.05. The fourth-order valence-corrected chi connectivity index (χ4v) is 3.63.